The van der Waals surface area contributed by atoms with Gasteiger partial charge in [0.1, 0.15) is 11.6 Å². The van der Waals surface area contributed by atoms with E-state index < -0.39 is 24.0 Å². The van der Waals surface area contributed by atoms with Gasteiger partial charge in [-0.1, -0.05) is 43.7 Å². The fourth-order valence-corrected chi connectivity index (χ4v) is 3.49. The highest BCUT2D eigenvalue weighted by Crippen LogP contribution is 2.51. The fourth-order valence-electron chi connectivity index (χ4n) is 3.49. The maximum atomic E-state index is 14.8. The third-order valence-electron chi connectivity index (χ3n) is 4.76. The van der Waals surface area contributed by atoms with Crippen molar-refractivity contribution in [2.75, 3.05) is 0 Å². The number of hydrogen-bond acceptors (Lipinski definition) is 0. The zero-order valence-corrected chi connectivity index (χ0v) is 14.1. The molecule has 0 heterocycles. The molecule has 2 aromatic rings. The Morgan fingerprint density at radius 1 is 0.880 bits per heavy atom. The summed E-state index contributed by atoms with van der Waals surface area (Å²) in [4.78, 5) is 0. The molecule has 0 fully saturated rings. The average molecular weight is 348 g/mol. The van der Waals surface area contributed by atoms with Crippen molar-refractivity contribution in [3.63, 3.8) is 0 Å². The first kappa shape index (κ1) is 17.7. The van der Waals surface area contributed by atoms with E-state index in [-0.39, 0.29) is 22.3 Å². The van der Waals surface area contributed by atoms with E-state index in [2.05, 4.69) is 6.58 Å². The first-order valence-corrected chi connectivity index (χ1v) is 8.53. The molecule has 0 radical (unpaired) electrons. The zero-order chi connectivity index (χ0) is 18.1. The number of allylic oxidation sites excluding steroid dienone is 1. The number of hydrogen-bond donors (Lipinski definition) is 0. The van der Waals surface area contributed by atoms with E-state index in [1.807, 2.05) is 6.92 Å². The molecule has 25 heavy (non-hydrogen) atoms. The Morgan fingerprint density at radius 2 is 1.36 bits per heavy atom. The maximum Gasteiger partial charge on any atom is 0.164 e. The summed E-state index contributed by atoms with van der Waals surface area (Å²) in [6.07, 6.45) is -0.723. The van der Waals surface area contributed by atoms with E-state index in [1.54, 1.807) is 30.3 Å². The van der Waals surface area contributed by atoms with Crippen LogP contribution in [0.25, 0.3) is 11.1 Å². The second-order valence-corrected chi connectivity index (χ2v) is 6.38. The van der Waals surface area contributed by atoms with Gasteiger partial charge in [-0.25, -0.2) is 17.6 Å². The molecule has 0 saturated carbocycles. The summed E-state index contributed by atoms with van der Waals surface area (Å²) in [5.41, 5.74) is 0.567. The second-order valence-electron chi connectivity index (χ2n) is 6.38. The third kappa shape index (κ3) is 2.88. The summed E-state index contributed by atoms with van der Waals surface area (Å²) in [6.45, 7) is 5.47. The molecule has 2 aromatic carbocycles. The van der Waals surface area contributed by atoms with Crippen LogP contribution in [0.3, 0.4) is 0 Å². The quantitative estimate of drug-likeness (QED) is 0.415. The number of fused-ring (bicyclic) bond motifs is 3. The van der Waals surface area contributed by atoms with Crippen LogP contribution in [0.15, 0.2) is 36.9 Å². The van der Waals surface area contributed by atoms with Crippen molar-refractivity contribution >= 4 is 0 Å². The summed E-state index contributed by atoms with van der Waals surface area (Å²) in [7, 11) is 0. The van der Waals surface area contributed by atoms with Crippen molar-refractivity contribution in [2.45, 2.75) is 45.0 Å². The van der Waals surface area contributed by atoms with Crippen LogP contribution in [0, 0.1) is 11.6 Å². The van der Waals surface area contributed by atoms with Crippen LogP contribution in [-0.2, 0) is 12.8 Å². The Balaban J connectivity index is 2.19. The molecule has 3 rings (SSSR count). The summed E-state index contributed by atoms with van der Waals surface area (Å²) in [5.74, 6) is -1.45. The Kier molecular flexibility index (Phi) is 4.98. The Morgan fingerprint density at radius 3 is 1.80 bits per heavy atom. The molecule has 0 saturated heterocycles. The van der Waals surface area contributed by atoms with Crippen LogP contribution < -0.4 is 0 Å². The largest absolute Gasteiger partial charge is 0.239 e. The fraction of sp³-hybridized carbons (Fsp3) is 0.333. The minimum absolute atomic E-state index is 0.234. The Labute approximate surface area is 145 Å². The Hall–Kier alpha value is -2.10. The van der Waals surface area contributed by atoms with E-state index >= 15 is 0 Å². The molecule has 1 aliphatic carbocycles. The topological polar surface area (TPSA) is 0 Å². The van der Waals surface area contributed by atoms with E-state index in [4.69, 9.17) is 0 Å². The SMILES string of the molecule is C=CCCc1ccc2c(c1F)C(F)C(F)c1c-2ccc(CCC)c1F. The van der Waals surface area contributed by atoms with Crippen molar-refractivity contribution in [3.8, 4) is 11.1 Å². The summed E-state index contributed by atoms with van der Waals surface area (Å²) in [5, 5.41) is 0. The number of benzene rings is 2. The van der Waals surface area contributed by atoms with E-state index in [0.717, 1.165) is 0 Å². The van der Waals surface area contributed by atoms with Gasteiger partial charge < -0.3 is 0 Å². The van der Waals surface area contributed by atoms with Gasteiger partial charge in [-0.15, -0.1) is 6.58 Å². The minimum Gasteiger partial charge on any atom is -0.239 e. The predicted octanol–water partition coefficient (Wildman–Crippen LogP) is 6.74. The van der Waals surface area contributed by atoms with E-state index in [1.165, 1.54) is 0 Å². The molecule has 2 unspecified atom stereocenters. The molecule has 0 nitrogen and oxygen atoms in total. The number of rotatable bonds is 5. The van der Waals surface area contributed by atoms with Crippen LogP contribution in [0.2, 0.25) is 0 Å². The molecule has 0 aliphatic heterocycles. The molecule has 0 N–H and O–H groups in total. The number of aryl methyl sites for hydroxylation is 2. The molecule has 0 amide bonds. The Bertz CT molecular complexity index is 810. The molecule has 132 valence electrons. The minimum atomic E-state index is -2.21. The lowest BCUT2D eigenvalue weighted by molar-refractivity contribution is 0.160. The predicted molar refractivity (Wildman–Crippen MR) is 92.0 cm³/mol. The number of halogens is 4. The lowest BCUT2D eigenvalue weighted by Gasteiger charge is -2.28. The van der Waals surface area contributed by atoms with Crippen LogP contribution in [0.4, 0.5) is 17.6 Å². The molecule has 0 spiro atoms. The van der Waals surface area contributed by atoms with Gasteiger partial charge in [0, 0.05) is 11.1 Å². The van der Waals surface area contributed by atoms with Crippen molar-refractivity contribution < 1.29 is 17.6 Å². The smallest absolute Gasteiger partial charge is 0.164 e. The summed E-state index contributed by atoms with van der Waals surface area (Å²) in [6, 6.07) is 6.28. The van der Waals surface area contributed by atoms with Gasteiger partial charge in [0.25, 0.3) is 0 Å². The van der Waals surface area contributed by atoms with E-state index in [0.29, 0.717) is 36.8 Å². The van der Waals surface area contributed by atoms with Gasteiger partial charge in [0.15, 0.2) is 12.3 Å². The maximum absolute atomic E-state index is 14.8. The molecular formula is C21H20F4. The monoisotopic (exact) mass is 348 g/mol. The first-order chi connectivity index (χ1) is 12.0. The highest BCUT2D eigenvalue weighted by molar-refractivity contribution is 5.75. The highest BCUT2D eigenvalue weighted by atomic mass is 19.2. The van der Waals surface area contributed by atoms with Gasteiger partial charge in [-0.05, 0) is 41.5 Å². The van der Waals surface area contributed by atoms with Gasteiger partial charge in [-0.3, -0.25) is 0 Å². The molecule has 2 atom stereocenters. The van der Waals surface area contributed by atoms with Crippen molar-refractivity contribution in [3.05, 3.63) is 70.8 Å². The van der Waals surface area contributed by atoms with E-state index in [9.17, 15) is 17.6 Å². The molecule has 0 bridgehead atoms. The van der Waals surface area contributed by atoms with Crippen molar-refractivity contribution in [1.29, 1.82) is 0 Å². The van der Waals surface area contributed by atoms with Crippen LogP contribution in [-0.4, -0.2) is 0 Å². The van der Waals surface area contributed by atoms with Crippen LogP contribution >= 0.6 is 0 Å². The second kappa shape index (κ2) is 7.03. The van der Waals surface area contributed by atoms with Crippen LogP contribution in [0.1, 0.15) is 54.4 Å². The zero-order valence-electron chi connectivity index (χ0n) is 14.1. The molecule has 4 heteroatoms. The lowest BCUT2D eigenvalue weighted by atomic mass is 9.80. The van der Waals surface area contributed by atoms with Crippen LogP contribution in [0.5, 0.6) is 0 Å². The average Bonchev–Trinajstić information content (AvgIpc) is 2.60. The lowest BCUT2D eigenvalue weighted by Crippen LogP contribution is -2.17. The molecule has 1 aliphatic rings. The standard InChI is InChI=1S/C21H20F4/c1-3-5-7-13-9-11-15-14-10-8-12(6-4-2)18(22)16(14)20(24)21(25)17(15)19(13)23/h3,8-11,20-21H,1,4-7H2,2H3. The van der Waals surface area contributed by atoms with Crippen molar-refractivity contribution in [2.24, 2.45) is 0 Å². The third-order valence-corrected chi connectivity index (χ3v) is 4.76. The summed E-state index contributed by atoms with van der Waals surface area (Å²) >= 11 is 0. The van der Waals surface area contributed by atoms with Gasteiger partial charge >= 0.3 is 0 Å². The number of alkyl halides is 2. The molecular weight excluding hydrogens is 328 g/mol. The highest BCUT2D eigenvalue weighted by Gasteiger charge is 2.39. The first-order valence-electron chi connectivity index (χ1n) is 8.53. The van der Waals surface area contributed by atoms with Crippen molar-refractivity contribution in [1.82, 2.24) is 0 Å². The van der Waals surface area contributed by atoms with Gasteiger partial charge in [-0.2, -0.15) is 0 Å². The van der Waals surface area contributed by atoms with Gasteiger partial charge in [0.2, 0.25) is 0 Å². The summed E-state index contributed by atoms with van der Waals surface area (Å²) < 4.78 is 58.9. The molecule has 0 aromatic heterocycles. The van der Waals surface area contributed by atoms with Gasteiger partial charge in [0.05, 0.1) is 0 Å². The normalized spacial score (nSPS) is 18.6.